The topological polar surface area (TPSA) is 81.6 Å². The molecule has 0 spiro atoms. The molecule has 1 aliphatic rings. The second kappa shape index (κ2) is 6.78. The van der Waals surface area contributed by atoms with Gasteiger partial charge in [0.25, 0.3) is 5.69 Å². The maximum absolute atomic E-state index is 10.6. The van der Waals surface area contributed by atoms with Crippen LogP contribution in [0, 0.1) is 10.1 Å². The van der Waals surface area contributed by atoms with Crippen LogP contribution in [0.1, 0.15) is 18.4 Å². The van der Waals surface area contributed by atoms with Crippen LogP contribution >= 0.6 is 0 Å². The van der Waals surface area contributed by atoms with Crippen LogP contribution in [0.25, 0.3) is 0 Å². The van der Waals surface area contributed by atoms with Crippen LogP contribution in [-0.4, -0.2) is 42.2 Å². The molecular weight excluding hydrogens is 258 g/mol. The van der Waals surface area contributed by atoms with Gasteiger partial charge in [0, 0.05) is 44.9 Å². The molecule has 1 heterocycles. The lowest BCUT2D eigenvalue weighted by atomic mass is 9.98. The molecule has 0 amide bonds. The number of piperidine rings is 1. The van der Waals surface area contributed by atoms with Crippen molar-refractivity contribution in [2.24, 2.45) is 5.73 Å². The summed E-state index contributed by atoms with van der Waals surface area (Å²) < 4.78 is 5.41. The van der Waals surface area contributed by atoms with E-state index in [1.165, 1.54) is 0 Å². The normalized spacial score (nSPS) is 23.7. The van der Waals surface area contributed by atoms with E-state index in [0.717, 1.165) is 31.5 Å². The van der Waals surface area contributed by atoms with Crippen molar-refractivity contribution in [1.29, 1.82) is 0 Å². The Morgan fingerprint density at radius 2 is 2.15 bits per heavy atom. The summed E-state index contributed by atoms with van der Waals surface area (Å²) in [6.07, 6.45) is 2.23. The van der Waals surface area contributed by atoms with E-state index in [1.807, 2.05) is 12.1 Å². The van der Waals surface area contributed by atoms with Gasteiger partial charge in [-0.2, -0.15) is 0 Å². The second-order valence-electron chi connectivity index (χ2n) is 5.17. The van der Waals surface area contributed by atoms with E-state index >= 15 is 0 Å². The lowest BCUT2D eigenvalue weighted by Crippen LogP contribution is -2.47. The largest absolute Gasteiger partial charge is 0.381 e. The van der Waals surface area contributed by atoms with Gasteiger partial charge in [-0.1, -0.05) is 12.1 Å². The van der Waals surface area contributed by atoms with Gasteiger partial charge in [-0.05, 0) is 18.4 Å². The van der Waals surface area contributed by atoms with Crippen molar-refractivity contribution in [3.63, 3.8) is 0 Å². The fraction of sp³-hybridized carbons (Fsp3) is 0.571. The Morgan fingerprint density at radius 3 is 2.70 bits per heavy atom. The first-order chi connectivity index (χ1) is 9.63. The molecule has 1 aromatic rings. The minimum absolute atomic E-state index is 0.127. The Balaban J connectivity index is 1.99. The molecule has 2 atom stereocenters. The van der Waals surface area contributed by atoms with Crippen molar-refractivity contribution in [1.82, 2.24) is 4.90 Å². The molecule has 0 bridgehead atoms. The monoisotopic (exact) mass is 279 g/mol. The predicted molar refractivity (Wildman–Crippen MR) is 76.4 cm³/mol. The average Bonchev–Trinajstić information content (AvgIpc) is 2.48. The van der Waals surface area contributed by atoms with Gasteiger partial charge in [-0.25, -0.2) is 0 Å². The Morgan fingerprint density at radius 1 is 1.45 bits per heavy atom. The van der Waals surface area contributed by atoms with Crippen LogP contribution in [-0.2, 0) is 11.3 Å². The maximum atomic E-state index is 10.6. The summed E-state index contributed by atoms with van der Waals surface area (Å²) >= 11 is 0. The summed E-state index contributed by atoms with van der Waals surface area (Å²) in [5.41, 5.74) is 7.04. The van der Waals surface area contributed by atoms with Crippen molar-refractivity contribution >= 4 is 5.69 Å². The van der Waals surface area contributed by atoms with Gasteiger partial charge in [0.05, 0.1) is 11.0 Å². The third-order valence-electron chi connectivity index (χ3n) is 3.93. The molecule has 1 fully saturated rings. The van der Waals surface area contributed by atoms with Crippen molar-refractivity contribution in [2.75, 3.05) is 20.2 Å². The molecule has 0 aromatic heterocycles. The van der Waals surface area contributed by atoms with E-state index in [2.05, 4.69) is 4.90 Å². The van der Waals surface area contributed by atoms with Gasteiger partial charge < -0.3 is 10.5 Å². The van der Waals surface area contributed by atoms with Crippen molar-refractivity contribution in [2.45, 2.75) is 31.5 Å². The highest BCUT2D eigenvalue weighted by Gasteiger charge is 2.27. The van der Waals surface area contributed by atoms with Crippen molar-refractivity contribution < 1.29 is 9.66 Å². The number of nitrogens with two attached hydrogens (primary N) is 1. The maximum Gasteiger partial charge on any atom is 0.269 e. The van der Waals surface area contributed by atoms with Crippen molar-refractivity contribution in [3.05, 3.63) is 39.9 Å². The average molecular weight is 279 g/mol. The Bertz CT molecular complexity index is 449. The first-order valence-electron chi connectivity index (χ1n) is 6.84. The van der Waals surface area contributed by atoms with Crippen molar-refractivity contribution in [3.8, 4) is 0 Å². The third kappa shape index (κ3) is 3.53. The van der Waals surface area contributed by atoms with E-state index in [0.29, 0.717) is 12.6 Å². The molecule has 20 heavy (non-hydrogen) atoms. The summed E-state index contributed by atoms with van der Waals surface area (Å²) in [7, 11) is 1.74. The second-order valence-corrected chi connectivity index (χ2v) is 5.17. The van der Waals surface area contributed by atoms with Crippen LogP contribution in [0.15, 0.2) is 24.3 Å². The standard InChI is InChI=1S/C14H21N3O3/c1-20-14-6-7-16(13(8-14)9-15)10-11-2-4-12(5-3-11)17(18)19/h2-5,13-14H,6-10,15H2,1H3. The Kier molecular flexibility index (Phi) is 5.05. The van der Waals surface area contributed by atoms with E-state index in [1.54, 1.807) is 19.2 Å². The molecule has 6 nitrogen and oxygen atoms in total. The highest BCUT2D eigenvalue weighted by molar-refractivity contribution is 5.32. The highest BCUT2D eigenvalue weighted by atomic mass is 16.6. The van der Waals surface area contributed by atoms with E-state index < -0.39 is 0 Å². The lowest BCUT2D eigenvalue weighted by molar-refractivity contribution is -0.384. The summed E-state index contributed by atoms with van der Waals surface area (Å²) in [5.74, 6) is 0. The molecule has 110 valence electrons. The van der Waals surface area contributed by atoms with Gasteiger partial charge in [-0.3, -0.25) is 15.0 Å². The minimum Gasteiger partial charge on any atom is -0.381 e. The summed E-state index contributed by atoms with van der Waals surface area (Å²) in [5, 5.41) is 10.6. The quantitative estimate of drug-likeness (QED) is 0.653. The number of rotatable bonds is 5. The van der Waals surface area contributed by atoms with Gasteiger partial charge in [0.1, 0.15) is 0 Å². The molecule has 0 saturated carbocycles. The number of methoxy groups -OCH3 is 1. The Hall–Kier alpha value is -1.50. The zero-order valence-electron chi connectivity index (χ0n) is 11.7. The number of likely N-dealkylation sites (tertiary alicyclic amines) is 1. The molecule has 2 unspecified atom stereocenters. The number of nitrogens with zero attached hydrogens (tertiary/aromatic N) is 2. The summed E-state index contributed by atoms with van der Waals surface area (Å²) in [6, 6.07) is 7.04. The third-order valence-corrected chi connectivity index (χ3v) is 3.93. The summed E-state index contributed by atoms with van der Waals surface area (Å²) in [4.78, 5) is 12.6. The number of benzene rings is 1. The number of hydrogen-bond donors (Lipinski definition) is 1. The number of non-ortho nitro benzene ring substituents is 1. The van der Waals surface area contributed by atoms with Gasteiger partial charge >= 0.3 is 0 Å². The van der Waals surface area contributed by atoms with E-state index in [4.69, 9.17) is 10.5 Å². The molecule has 2 rings (SSSR count). The van der Waals surface area contributed by atoms with Gasteiger partial charge in [0.2, 0.25) is 0 Å². The van der Waals surface area contributed by atoms with Crippen LogP contribution in [0.5, 0.6) is 0 Å². The summed E-state index contributed by atoms with van der Waals surface area (Å²) in [6.45, 7) is 2.32. The van der Waals surface area contributed by atoms with Gasteiger partial charge in [-0.15, -0.1) is 0 Å². The number of ether oxygens (including phenoxy) is 1. The molecular formula is C14H21N3O3. The zero-order chi connectivity index (χ0) is 14.5. The van der Waals surface area contributed by atoms with Crippen LogP contribution < -0.4 is 5.73 Å². The highest BCUT2D eigenvalue weighted by Crippen LogP contribution is 2.22. The SMILES string of the molecule is COC1CCN(Cc2ccc([N+](=O)[O-])cc2)C(CN)C1. The predicted octanol–water partition coefficient (Wildman–Crippen LogP) is 1.53. The number of hydrogen-bond acceptors (Lipinski definition) is 5. The molecule has 2 N–H and O–H groups in total. The first kappa shape index (κ1) is 14.9. The molecule has 1 aromatic carbocycles. The molecule has 0 aliphatic carbocycles. The molecule has 6 heteroatoms. The lowest BCUT2D eigenvalue weighted by Gasteiger charge is -2.38. The van der Waals surface area contributed by atoms with Crippen LogP contribution in [0.4, 0.5) is 5.69 Å². The first-order valence-corrected chi connectivity index (χ1v) is 6.84. The van der Waals surface area contributed by atoms with Crippen LogP contribution in [0.3, 0.4) is 0 Å². The van der Waals surface area contributed by atoms with E-state index in [9.17, 15) is 10.1 Å². The smallest absolute Gasteiger partial charge is 0.269 e. The molecule has 1 aliphatic heterocycles. The zero-order valence-corrected chi connectivity index (χ0v) is 11.7. The van der Waals surface area contributed by atoms with E-state index in [-0.39, 0.29) is 16.7 Å². The molecule has 1 saturated heterocycles. The Labute approximate surface area is 118 Å². The van der Waals surface area contributed by atoms with Crippen LogP contribution in [0.2, 0.25) is 0 Å². The molecule has 0 radical (unpaired) electrons. The fourth-order valence-corrected chi connectivity index (χ4v) is 2.69. The number of nitro benzene ring substituents is 1. The minimum atomic E-state index is -0.378. The number of nitro groups is 1. The fourth-order valence-electron chi connectivity index (χ4n) is 2.69. The van der Waals surface area contributed by atoms with Gasteiger partial charge in [0.15, 0.2) is 0 Å².